The van der Waals surface area contributed by atoms with E-state index in [1.165, 1.54) is 7.11 Å². The molecule has 2 aliphatic rings. The number of fused-ring (bicyclic) bond motifs is 2. The summed E-state index contributed by atoms with van der Waals surface area (Å²) in [5.41, 5.74) is 3.22. The van der Waals surface area contributed by atoms with Gasteiger partial charge in [0.15, 0.2) is 17.1 Å². The molecule has 1 aliphatic heterocycles. The van der Waals surface area contributed by atoms with Gasteiger partial charge >= 0.3 is 5.97 Å². The molecule has 0 bridgehead atoms. The maximum absolute atomic E-state index is 12.6. The summed E-state index contributed by atoms with van der Waals surface area (Å²) in [4.78, 5) is 34.9. The van der Waals surface area contributed by atoms with Crippen LogP contribution in [0, 0.1) is 17.6 Å². The summed E-state index contributed by atoms with van der Waals surface area (Å²) < 4.78 is 7.87. The average molecular weight is 754 g/mol. The van der Waals surface area contributed by atoms with Gasteiger partial charge in [-0.25, -0.2) is 4.79 Å². The summed E-state index contributed by atoms with van der Waals surface area (Å²) in [7, 11) is 1.42. The van der Waals surface area contributed by atoms with Gasteiger partial charge in [-0.1, -0.05) is 18.2 Å². The zero-order valence-electron chi connectivity index (χ0n) is 16.1. The second-order valence-corrected chi connectivity index (χ2v) is 9.99. The first-order valence-corrected chi connectivity index (χ1v) is 12.1. The minimum atomic E-state index is -1.03. The molecule has 0 saturated carbocycles. The number of benzene rings is 3. The van der Waals surface area contributed by atoms with E-state index in [1.54, 1.807) is 30.3 Å². The fraction of sp³-hybridized carbons (Fsp3) is 0.0909. The summed E-state index contributed by atoms with van der Waals surface area (Å²) in [5.74, 6) is -0.133. The molecule has 1 N–H and O–H groups in total. The normalized spacial score (nSPS) is 11.3. The first-order chi connectivity index (χ1) is 14.8. The summed E-state index contributed by atoms with van der Waals surface area (Å²) in [6.07, 6.45) is 0. The van der Waals surface area contributed by atoms with Crippen molar-refractivity contribution in [3.8, 4) is 28.2 Å². The smallest absolute Gasteiger partial charge is 0.336 e. The number of rotatable bonds is 4. The van der Waals surface area contributed by atoms with E-state index in [1.807, 2.05) is 58.2 Å². The highest BCUT2D eigenvalue weighted by atomic mass is 127. The molecule has 0 radical (unpaired) electrons. The Balaban J connectivity index is 2.30. The Hall–Kier alpha value is -1.45. The minimum absolute atomic E-state index is 0.134. The van der Waals surface area contributed by atoms with Crippen molar-refractivity contribution in [2.24, 2.45) is 0 Å². The van der Waals surface area contributed by atoms with Crippen LogP contribution in [0.15, 0.2) is 45.6 Å². The summed E-state index contributed by atoms with van der Waals surface area (Å²) in [6, 6.07) is 10.4. The van der Waals surface area contributed by atoms with Gasteiger partial charge in [-0.3, -0.25) is 4.79 Å². The Morgan fingerprint density at radius 2 is 1.77 bits per heavy atom. The highest BCUT2D eigenvalue weighted by Crippen LogP contribution is 2.46. The first-order valence-electron chi connectivity index (χ1n) is 8.87. The summed E-state index contributed by atoms with van der Waals surface area (Å²) >= 11 is 6.08. The van der Waals surface area contributed by atoms with Crippen molar-refractivity contribution in [3.05, 3.63) is 68.5 Å². The van der Waals surface area contributed by atoms with Gasteiger partial charge in [0.05, 0.1) is 16.2 Å². The lowest BCUT2D eigenvalue weighted by Gasteiger charge is -2.20. The van der Waals surface area contributed by atoms with E-state index in [0.717, 1.165) is 10.9 Å². The molecule has 31 heavy (non-hydrogen) atoms. The molecule has 1 aliphatic carbocycles. The Morgan fingerprint density at radius 1 is 1.06 bits per heavy atom. The SMILES string of the molecule is COOc1c(C)cc2c(-c3ccccc3C(=O)O)c3cc(I)c(=O)c(I)c-3oc2c1I. The van der Waals surface area contributed by atoms with E-state index in [2.05, 4.69) is 22.6 Å². The molecule has 6 nitrogen and oxygen atoms in total. The molecule has 0 spiro atoms. The Kier molecular flexibility index (Phi) is 6.47. The van der Waals surface area contributed by atoms with Crippen LogP contribution < -0.4 is 10.3 Å². The van der Waals surface area contributed by atoms with Crippen molar-refractivity contribution >= 4 is 84.7 Å². The molecular formula is C22H13I3O6. The molecule has 0 unspecified atom stereocenters. The van der Waals surface area contributed by atoms with Gasteiger partial charge in [-0.15, -0.1) is 0 Å². The van der Waals surface area contributed by atoms with Crippen molar-refractivity contribution < 1.29 is 24.1 Å². The Labute approximate surface area is 217 Å². The van der Waals surface area contributed by atoms with E-state index in [-0.39, 0.29) is 11.0 Å². The van der Waals surface area contributed by atoms with Crippen molar-refractivity contribution in [1.82, 2.24) is 0 Å². The monoisotopic (exact) mass is 754 g/mol. The third-order valence-corrected chi connectivity index (χ3v) is 7.59. The van der Waals surface area contributed by atoms with E-state index < -0.39 is 5.97 Å². The van der Waals surface area contributed by atoms with Crippen molar-refractivity contribution in [3.63, 3.8) is 0 Å². The van der Waals surface area contributed by atoms with Crippen molar-refractivity contribution in [1.29, 1.82) is 0 Å². The highest BCUT2D eigenvalue weighted by Gasteiger charge is 2.27. The Morgan fingerprint density at radius 3 is 2.45 bits per heavy atom. The molecule has 0 atom stereocenters. The fourth-order valence-electron chi connectivity index (χ4n) is 3.51. The standard InChI is InChI=1S/C22H13I3O6/c1-9-7-12-15(10-5-3-4-6-11(10)22(27)28)13-8-14(23)18(26)16(24)20(13)30-21(12)17(25)19(9)31-29-2/h3-8H,1-2H3,(H,27,28). The van der Waals surface area contributed by atoms with Gasteiger partial charge < -0.3 is 14.4 Å². The predicted molar refractivity (Wildman–Crippen MR) is 142 cm³/mol. The van der Waals surface area contributed by atoms with Crippen LogP contribution in [0.5, 0.6) is 5.75 Å². The quantitative estimate of drug-likeness (QED) is 0.114. The van der Waals surface area contributed by atoms with Crippen LogP contribution in [-0.4, -0.2) is 18.2 Å². The molecule has 9 heteroatoms. The lowest BCUT2D eigenvalue weighted by atomic mass is 9.90. The topological polar surface area (TPSA) is 86.0 Å². The number of aryl methyl sites for hydroxylation is 1. The first kappa shape index (κ1) is 22.7. The minimum Gasteiger partial charge on any atom is -0.478 e. The van der Waals surface area contributed by atoms with Crippen LogP contribution in [0.1, 0.15) is 15.9 Å². The number of halogens is 3. The fourth-order valence-corrected chi connectivity index (χ4v) is 6.21. The third kappa shape index (κ3) is 3.82. The van der Waals surface area contributed by atoms with E-state index in [9.17, 15) is 14.7 Å². The van der Waals surface area contributed by atoms with Crippen LogP contribution in [-0.2, 0) is 4.89 Å². The number of carbonyl (C=O) groups is 1. The molecule has 2 aromatic carbocycles. The van der Waals surface area contributed by atoms with Crippen LogP contribution in [0.25, 0.3) is 33.4 Å². The molecule has 2 aromatic rings. The van der Waals surface area contributed by atoms with Crippen LogP contribution >= 0.6 is 67.8 Å². The highest BCUT2D eigenvalue weighted by molar-refractivity contribution is 14.1. The number of hydrogen-bond donors (Lipinski definition) is 1. The lowest BCUT2D eigenvalue weighted by Crippen LogP contribution is -2.12. The zero-order chi connectivity index (χ0) is 22.4. The second kappa shape index (κ2) is 8.83. The third-order valence-electron chi connectivity index (χ3n) is 4.83. The second-order valence-electron chi connectivity index (χ2n) is 6.67. The van der Waals surface area contributed by atoms with Gasteiger partial charge in [0, 0.05) is 16.5 Å². The molecule has 0 aromatic heterocycles. The largest absolute Gasteiger partial charge is 0.478 e. The number of carboxylic acids is 1. The summed E-state index contributed by atoms with van der Waals surface area (Å²) in [5, 5.41) is 10.6. The van der Waals surface area contributed by atoms with Gasteiger partial charge in [0.25, 0.3) is 0 Å². The van der Waals surface area contributed by atoms with E-state index in [0.29, 0.717) is 44.5 Å². The maximum atomic E-state index is 12.6. The Bertz CT molecular complexity index is 1390. The van der Waals surface area contributed by atoms with E-state index in [4.69, 9.17) is 14.2 Å². The van der Waals surface area contributed by atoms with Crippen molar-refractivity contribution in [2.45, 2.75) is 6.92 Å². The predicted octanol–water partition coefficient (Wildman–Crippen LogP) is 6.33. The van der Waals surface area contributed by atoms with Crippen LogP contribution in [0.3, 0.4) is 0 Å². The summed E-state index contributed by atoms with van der Waals surface area (Å²) in [6.45, 7) is 1.88. The number of hydrogen-bond acceptors (Lipinski definition) is 5. The molecule has 4 rings (SSSR count). The van der Waals surface area contributed by atoms with Gasteiger partial charge in [-0.2, -0.15) is 4.89 Å². The van der Waals surface area contributed by atoms with Crippen LogP contribution in [0.2, 0.25) is 0 Å². The zero-order valence-corrected chi connectivity index (χ0v) is 22.6. The molecule has 1 heterocycles. The van der Waals surface area contributed by atoms with Crippen molar-refractivity contribution in [2.75, 3.05) is 7.11 Å². The molecular weight excluding hydrogens is 741 g/mol. The van der Waals surface area contributed by atoms with Gasteiger partial charge in [0.2, 0.25) is 5.43 Å². The number of carboxylic acid groups (broad SMARTS) is 1. The van der Waals surface area contributed by atoms with Gasteiger partial charge in [0.1, 0.15) is 7.14 Å². The molecule has 0 fully saturated rings. The van der Waals surface area contributed by atoms with Gasteiger partial charge in [-0.05, 0) is 104 Å². The van der Waals surface area contributed by atoms with E-state index >= 15 is 0 Å². The molecule has 0 saturated heterocycles. The number of aromatic carboxylic acids is 1. The average Bonchev–Trinajstić information content (AvgIpc) is 2.74. The van der Waals surface area contributed by atoms with Crippen LogP contribution in [0.4, 0.5) is 0 Å². The maximum Gasteiger partial charge on any atom is 0.336 e. The molecule has 0 amide bonds. The lowest BCUT2D eigenvalue weighted by molar-refractivity contribution is -0.179. The molecule has 158 valence electrons.